The summed E-state index contributed by atoms with van der Waals surface area (Å²) in [6.45, 7) is 6.89. The Morgan fingerprint density at radius 3 is 1.26 bits per heavy atom. The summed E-state index contributed by atoms with van der Waals surface area (Å²) in [5.74, 6) is -4.04. The second-order valence-corrected chi connectivity index (χ2v) is 3.64. The monoisotopic (exact) mass is 290 g/mol. The van der Waals surface area contributed by atoms with Crippen molar-refractivity contribution < 1.29 is 48.1 Å². The van der Waals surface area contributed by atoms with Crippen molar-refractivity contribution in [2.75, 3.05) is 27.2 Å². The standard InChI is InChI=1S/C6H16N.C2F2O4.BH3O3/c1-5-7(3,4)6-2;3-7-1(5)2(6)8-4;2-1(3)4/h5-6H2,1-4H3;;2-4H/q+1;;. The lowest BCUT2D eigenvalue weighted by molar-refractivity contribution is -0.886. The molecule has 0 aromatic rings. The Hall–Kier alpha value is -1.30. The Bertz CT molecular complexity index is 230. The molecule has 0 spiro atoms. The van der Waals surface area contributed by atoms with Crippen molar-refractivity contribution in [1.82, 2.24) is 0 Å². The summed E-state index contributed by atoms with van der Waals surface area (Å²) in [5.41, 5.74) is 0. The van der Waals surface area contributed by atoms with Crippen LogP contribution in [0.4, 0.5) is 9.05 Å². The third-order valence-corrected chi connectivity index (χ3v) is 2.02. The number of nitrogens with zero attached hydrogens (tertiary/aromatic N) is 1. The molecule has 0 aromatic heterocycles. The molecule has 3 N–H and O–H groups in total. The fraction of sp³-hybridized carbons (Fsp3) is 0.750. The molecule has 0 bridgehead atoms. The molecule has 0 radical (unpaired) electrons. The maximum Gasteiger partial charge on any atom is 0.631 e. The van der Waals surface area contributed by atoms with Crippen molar-refractivity contribution in [3.8, 4) is 0 Å². The van der Waals surface area contributed by atoms with Gasteiger partial charge in [-0.1, -0.05) is 0 Å². The van der Waals surface area contributed by atoms with Gasteiger partial charge in [0, 0.05) is 9.05 Å². The van der Waals surface area contributed by atoms with E-state index in [1.165, 1.54) is 13.1 Å². The molecule has 0 aliphatic rings. The number of rotatable bonds is 2. The molecular weight excluding hydrogens is 271 g/mol. The topological polar surface area (TPSA) is 113 Å². The third-order valence-electron chi connectivity index (χ3n) is 2.02. The minimum atomic E-state index is -2.17. The van der Waals surface area contributed by atoms with E-state index in [2.05, 4.69) is 37.8 Å². The van der Waals surface area contributed by atoms with Crippen LogP contribution >= 0.6 is 0 Å². The van der Waals surface area contributed by atoms with Crippen molar-refractivity contribution in [1.29, 1.82) is 0 Å². The molecule has 0 amide bonds. The number of halogens is 2. The van der Waals surface area contributed by atoms with Gasteiger partial charge in [0.2, 0.25) is 0 Å². The average molecular weight is 290 g/mol. The van der Waals surface area contributed by atoms with Crippen LogP contribution in [0.25, 0.3) is 0 Å². The van der Waals surface area contributed by atoms with Crippen LogP contribution in [0.2, 0.25) is 0 Å². The molecule has 0 aliphatic carbocycles. The van der Waals surface area contributed by atoms with E-state index in [1.807, 2.05) is 0 Å². The predicted molar refractivity (Wildman–Crippen MR) is 60.0 cm³/mol. The van der Waals surface area contributed by atoms with Crippen LogP contribution in [0, 0.1) is 0 Å². The van der Waals surface area contributed by atoms with Gasteiger partial charge >= 0.3 is 19.3 Å². The highest BCUT2D eigenvalue weighted by Gasteiger charge is 2.18. The third kappa shape index (κ3) is 22.4. The minimum Gasteiger partial charge on any atom is -0.402 e. The molecule has 0 fully saturated rings. The highest BCUT2D eigenvalue weighted by molar-refractivity contribution is 6.30. The number of carbonyl (C=O) groups excluding carboxylic acids is 2. The van der Waals surface area contributed by atoms with Crippen molar-refractivity contribution in [2.45, 2.75) is 13.8 Å². The first-order valence-electron chi connectivity index (χ1n) is 5.09. The Balaban J connectivity index is -0.000000214. The lowest BCUT2D eigenvalue weighted by atomic mass is 10.3. The summed E-state index contributed by atoms with van der Waals surface area (Å²) < 4.78 is 22.2. The normalized spacial score (nSPS) is 9.11. The molecule has 0 saturated heterocycles. The van der Waals surface area contributed by atoms with Gasteiger partial charge < -0.3 is 19.6 Å². The molecule has 11 heteroatoms. The van der Waals surface area contributed by atoms with Crippen molar-refractivity contribution in [3.05, 3.63) is 0 Å². The van der Waals surface area contributed by atoms with Gasteiger partial charge in [0.1, 0.15) is 0 Å². The Kier molecular flexibility index (Phi) is 15.8. The van der Waals surface area contributed by atoms with Gasteiger partial charge in [0.25, 0.3) is 0 Å². The van der Waals surface area contributed by atoms with Gasteiger partial charge in [0.15, 0.2) is 0 Å². The lowest BCUT2D eigenvalue weighted by Crippen LogP contribution is -2.38. The molecule has 0 aliphatic heterocycles. The van der Waals surface area contributed by atoms with E-state index in [0.29, 0.717) is 0 Å². The minimum absolute atomic E-state index is 1.14. The van der Waals surface area contributed by atoms with Crippen LogP contribution < -0.4 is 0 Å². The number of carbonyl (C=O) groups is 2. The fourth-order valence-corrected chi connectivity index (χ4v) is 0.287. The summed E-state index contributed by atoms with van der Waals surface area (Å²) in [4.78, 5) is 23.4. The summed E-state index contributed by atoms with van der Waals surface area (Å²) in [7, 11) is 2.31. The molecule has 0 rings (SSSR count). The summed E-state index contributed by atoms with van der Waals surface area (Å²) >= 11 is 0. The van der Waals surface area contributed by atoms with E-state index in [1.54, 1.807) is 0 Å². The molecular formula is C8H19BF2NO7+. The van der Waals surface area contributed by atoms with Crippen molar-refractivity contribution in [3.63, 3.8) is 0 Å². The molecule has 19 heavy (non-hydrogen) atoms. The van der Waals surface area contributed by atoms with Gasteiger partial charge in [0.05, 0.1) is 27.2 Å². The van der Waals surface area contributed by atoms with E-state index in [9.17, 15) is 18.6 Å². The molecule has 114 valence electrons. The molecule has 0 saturated carbocycles. The second kappa shape index (κ2) is 13.1. The smallest absolute Gasteiger partial charge is 0.402 e. The number of quaternary nitrogens is 1. The van der Waals surface area contributed by atoms with Crippen LogP contribution in [0.15, 0.2) is 0 Å². The van der Waals surface area contributed by atoms with Crippen LogP contribution in [0.3, 0.4) is 0 Å². The first-order valence-corrected chi connectivity index (χ1v) is 5.09. The number of hydrogen-bond acceptors (Lipinski definition) is 7. The zero-order chi connectivity index (χ0) is 16.1. The maximum absolute atomic E-state index is 10.5. The van der Waals surface area contributed by atoms with Crippen molar-refractivity contribution >= 4 is 19.3 Å². The van der Waals surface area contributed by atoms with E-state index in [4.69, 9.17) is 15.1 Å². The summed E-state index contributed by atoms with van der Waals surface area (Å²) in [6, 6.07) is 0. The highest BCUT2D eigenvalue weighted by atomic mass is 19.3. The van der Waals surface area contributed by atoms with E-state index in [-0.39, 0.29) is 0 Å². The van der Waals surface area contributed by atoms with Gasteiger partial charge in [-0.3, -0.25) is 0 Å². The van der Waals surface area contributed by atoms with Crippen LogP contribution in [-0.2, 0) is 19.5 Å². The van der Waals surface area contributed by atoms with Gasteiger partial charge in [-0.2, -0.15) is 0 Å². The Morgan fingerprint density at radius 1 is 1.00 bits per heavy atom. The highest BCUT2D eigenvalue weighted by Crippen LogP contribution is 1.91. The molecule has 8 nitrogen and oxygen atoms in total. The second-order valence-electron chi connectivity index (χ2n) is 3.64. The Morgan fingerprint density at radius 2 is 1.21 bits per heavy atom. The Labute approximate surface area is 109 Å². The zero-order valence-electron chi connectivity index (χ0n) is 11.2. The maximum atomic E-state index is 10.5. The first-order chi connectivity index (χ1) is 8.57. The molecule has 0 heterocycles. The molecule has 0 unspecified atom stereocenters. The largest absolute Gasteiger partial charge is 0.631 e. The van der Waals surface area contributed by atoms with Crippen LogP contribution in [-0.4, -0.2) is 66.0 Å². The predicted octanol–water partition coefficient (Wildman–Crippen LogP) is -1.11. The van der Waals surface area contributed by atoms with Gasteiger partial charge in [-0.25, -0.2) is 19.5 Å². The van der Waals surface area contributed by atoms with Crippen molar-refractivity contribution in [2.24, 2.45) is 0 Å². The van der Waals surface area contributed by atoms with E-state index >= 15 is 0 Å². The van der Waals surface area contributed by atoms with Crippen LogP contribution in [0.5, 0.6) is 0 Å². The fourth-order valence-electron chi connectivity index (χ4n) is 0.287. The van der Waals surface area contributed by atoms with E-state index < -0.39 is 19.3 Å². The van der Waals surface area contributed by atoms with Gasteiger partial charge in [-0.05, 0) is 13.8 Å². The first kappa shape index (κ1) is 22.8. The van der Waals surface area contributed by atoms with E-state index in [0.717, 1.165) is 4.48 Å². The molecule has 0 atom stereocenters. The summed E-state index contributed by atoms with van der Waals surface area (Å²) in [5, 5.41) is 21.5. The molecule has 0 aromatic carbocycles. The quantitative estimate of drug-likeness (QED) is 0.336. The summed E-state index contributed by atoms with van der Waals surface area (Å²) in [6.07, 6.45) is 0. The zero-order valence-corrected chi connectivity index (χ0v) is 11.2. The SMILES string of the molecule is CC[N+](C)(C)CC.O=C(OF)C(=O)OF.OB(O)O. The number of hydrogen-bond donors (Lipinski definition) is 3. The van der Waals surface area contributed by atoms with Crippen LogP contribution in [0.1, 0.15) is 13.8 Å². The van der Waals surface area contributed by atoms with Gasteiger partial charge in [-0.15, -0.1) is 0 Å². The average Bonchev–Trinajstić information content (AvgIpc) is 2.36. The lowest BCUT2D eigenvalue weighted by Gasteiger charge is -2.25.